The van der Waals surface area contributed by atoms with Crippen LogP contribution in [0.15, 0.2) is 0 Å². The summed E-state index contributed by atoms with van der Waals surface area (Å²) in [5.74, 6) is 0. The van der Waals surface area contributed by atoms with Crippen molar-refractivity contribution in [2.75, 3.05) is 26.2 Å². The van der Waals surface area contributed by atoms with Gasteiger partial charge in [0.05, 0.1) is 10.9 Å². The lowest BCUT2D eigenvalue weighted by Gasteiger charge is -2.40. The van der Waals surface area contributed by atoms with Gasteiger partial charge >= 0.3 is 0 Å². The Morgan fingerprint density at radius 3 is 2.44 bits per heavy atom. The summed E-state index contributed by atoms with van der Waals surface area (Å²) < 4.78 is 25.9. The number of sulfonamides is 1. The molecule has 2 rings (SSSR count). The minimum absolute atomic E-state index is 0.172. The van der Waals surface area contributed by atoms with Crippen LogP contribution in [0.3, 0.4) is 0 Å². The van der Waals surface area contributed by atoms with Crippen LogP contribution in [-0.2, 0) is 10.0 Å². The molecule has 106 valence electrons. The Hall–Kier alpha value is -0.170. The Morgan fingerprint density at radius 1 is 1.39 bits per heavy atom. The van der Waals surface area contributed by atoms with Crippen LogP contribution >= 0.6 is 0 Å². The predicted octanol–water partition coefficient (Wildman–Crippen LogP) is 0.256. The first-order chi connectivity index (χ1) is 8.26. The van der Waals surface area contributed by atoms with Gasteiger partial charge in [-0.2, -0.15) is 4.31 Å². The Bertz CT molecular complexity index is 404. The van der Waals surface area contributed by atoms with Crippen molar-refractivity contribution >= 4 is 10.0 Å². The third-order valence-electron chi connectivity index (χ3n) is 4.14. The average molecular weight is 276 g/mol. The van der Waals surface area contributed by atoms with Gasteiger partial charge in [-0.05, 0) is 33.6 Å². The van der Waals surface area contributed by atoms with Gasteiger partial charge in [0.2, 0.25) is 10.0 Å². The van der Waals surface area contributed by atoms with Crippen molar-refractivity contribution < 1.29 is 13.5 Å². The molecular weight excluding hydrogens is 252 g/mol. The topological polar surface area (TPSA) is 60.9 Å². The minimum atomic E-state index is -3.13. The highest BCUT2D eigenvalue weighted by molar-refractivity contribution is 7.90. The first-order valence-corrected chi connectivity index (χ1v) is 8.12. The fraction of sp³-hybridized carbons (Fsp3) is 1.00. The molecule has 0 aromatic carbocycles. The van der Waals surface area contributed by atoms with Gasteiger partial charge in [-0.25, -0.2) is 8.42 Å². The summed E-state index contributed by atoms with van der Waals surface area (Å²) in [6.45, 7) is 8.06. The highest BCUT2D eigenvalue weighted by Crippen LogP contribution is 2.44. The monoisotopic (exact) mass is 276 g/mol. The fourth-order valence-electron chi connectivity index (χ4n) is 2.54. The number of hydrogen-bond acceptors (Lipinski definition) is 4. The van der Waals surface area contributed by atoms with E-state index in [2.05, 4.69) is 4.90 Å². The number of aliphatic hydroxyl groups excluding tert-OH is 1. The Labute approximate surface area is 110 Å². The van der Waals surface area contributed by atoms with Crippen molar-refractivity contribution in [3.8, 4) is 0 Å². The highest BCUT2D eigenvalue weighted by atomic mass is 32.2. The molecule has 0 radical (unpaired) electrons. The molecule has 1 aliphatic carbocycles. The first kappa shape index (κ1) is 14.2. The first-order valence-electron chi connectivity index (χ1n) is 6.68. The Balaban J connectivity index is 2.00. The van der Waals surface area contributed by atoms with Crippen molar-refractivity contribution in [3.63, 3.8) is 0 Å². The van der Waals surface area contributed by atoms with Gasteiger partial charge in [0.1, 0.15) is 0 Å². The van der Waals surface area contributed by atoms with Crippen LogP contribution in [0.1, 0.15) is 33.6 Å². The second-order valence-electron chi connectivity index (χ2n) is 6.01. The van der Waals surface area contributed by atoms with Crippen molar-refractivity contribution in [2.45, 2.75) is 50.5 Å². The number of piperazine rings is 1. The summed E-state index contributed by atoms with van der Waals surface area (Å²) in [5.41, 5.74) is 0. The summed E-state index contributed by atoms with van der Waals surface area (Å²) in [4.78, 5) is 2.16. The van der Waals surface area contributed by atoms with Crippen LogP contribution in [0, 0.1) is 0 Å². The molecule has 0 aromatic heterocycles. The molecule has 0 aromatic rings. The van der Waals surface area contributed by atoms with Gasteiger partial charge < -0.3 is 5.11 Å². The SMILES string of the molecule is CC(O)CN1CCN(S(=O)(=O)C2(C)CC2)CC1C. The van der Waals surface area contributed by atoms with E-state index in [-0.39, 0.29) is 12.1 Å². The van der Waals surface area contributed by atoms with Crippen LogP contribution in [0.5, 0.6) is 0 Å². The van der Waals surface area contributed by atoms with E-state index < -0.39 is 14.8 Å². The van der Waals surface area contributed by atoms with E-state index in [0.29, 0.717) is 26.2 Å². The fourth-order valence-corrected chi connectivity index (χ4v) is 4.51. The van der Waals surface area contributed by atoms with Gasteiger partial charge in [-0.1, -0.05) is 0 Å². The quantitative estimate of drug-likeness (QED) is 0.800. The van der Waals surface area contributed by atoms with Gasteiger partial charge in [0.15, 0.2) is 0 Å². The van der Waals surface area contributed by atoms with E-state index in [4.69, 9.17) is 0 Å². The van der Waals surface area contributed by atoms with Crippen LogP contribution in [0.2, 0.25) is 0 Å². The molecule has 2 fully saturated rings. The smallest absolute Gasteiger partial charge is 0.219 e. The molecule has 5 nitrogen and oxygen atoms in total. The molecule has 0 bridgehead atoms. The summed E-state index contributed by atoms with van der Waals surface area (Å²) in [7, 11) is -3.13. The Kier molecular flexibility index (Phi) is 3.75. The number of β-amino-alcohol motifs (C(OH)–C–C–N with tert-alkyl or cyclic N) is 1. The Morgan fingerprint density at radius 2 is 2.00 bits per heavy atom. The maximum atomic E-state index is 12.4. The standard InChI is InChI=1S/C12H24N2O3S/c1-10-8-14(7-6-13(10)9-11(2)15)18(16,17)12(3)4-5-12/h10-11,15H,4-9H2,1-3H3. The van der Waals surface area contributed by atoms with E-state index in [9.17, 15) is 13.5 Å². The second-order valence-corrected chi connectivity index (χ2v) is 8.46. The molecular formula is C12H24N2O3S. The van der Waals surface area contributed by atoms with Crippen molar-refractivity contribution in [1.82, 2.24) is 9.21 Å². The lowest BCUT2D eigenvalue weighted by Crippen LogP contribution is -2.56. The number of nitrogens with zero attached hydrogens (tertiary/aromatic N) is 2. The zero-order valence-electron chi connectivity index (χ0n) is 11.5. The predicted molar refractivity (Wildman–Crippen MR) is 70.8 cm³/mol. The van der Waals surface area contributed by atoms with E-state index in [0.717, 1.165) is 12.8 Å². The molecule has 2 atom stereocenters. The van der Waals surface area contributed by atoms with Gasteiger partial charge in [-0.15, -0.1) is 0 Å². The number of aliphatic hydroxyl groups is 1. The number of hydrogen-bond donors (Lipinski definition) is 1. The molecule has 2 unspecified atom stereocenters. The highest BCUT2D eigenvalue weighted by Gasteiger charge is 2.53. The second kappa shape index (κ2) is 4.74. The molecule has 1 saturated carbocycles. The number of rotatable bonds is 4. The van der Waals surface area contributed by atoms with Crippen LogP contribution in [0.25, 0.3) is 0 Å². The molecule has 2 aliphatic rings. The van der Waals surface area contributed by atoms with E-state index in [1.54, 1.807) is 11.2 Å². The summed E-state index contributed by atoms with van der Waals surface area (Å²) >= 11 is 0. The lowest BCUT2D eigenvalue weighted by atomic mass is 10.2. The zero-order valence-corrected chi connectivity index (χ0v) is 12.3. The van der Waals surface area contributed by atoms with Crippen molar-refractivity contribution in [3.05, 3.63) is 0 Å². The maximum absolute atomic E-state index is 12.4. The molecule has 1 aliphatic heterocycles. The van der Waals surface area contributed by atoms with Crippen LogP contribution < -0.4 is 0 Å². The third-order valence-corrected chi connectivity index (χ3v) is 6.81. The summed E-state index contributed by atoms with van der Waals surface area (Å²) in [5, 5.41) is 9.41. The van der Waals surface area contributed by atoms with E-state index >= 15 is 0 Å². The van der Waals surface area contributed by atoms with Crippen LogP contribution in [-0.4, -0.2) is 65.8 Å². The largest absolute Gasteiger partial charge is 0.392 e. The van der Waals surface area contributed by atoms with Gasteiger partial charge in [-0.3, -0.25) is 4.90 Å². The molecule has 0 amide bonds. The van der Waals surface area contributed by atoms with Crippen molar-refractivity contribution in [2.24, 2.45) is 0 Å². The van der Waals surface area contributed by atoms with E-state index in [1.165, 1.54) is 0 Å². The van der Waals surface area contributed by atoms with Crippen molar-refractivity contribution in [1.29, 1.82) is 0 Å². The van der Waals surface area contributed by atoms with Crippen LogP contribution in [0.4, 0.5) is 0 Å². The van der Waals surface area contributed by atoms with Gasteiger partial charge in [0, 0.05) is 32.2 Å². The molecule has 0 spiro atoms. The molecule has 1 saturated heterocycles. The molecule has 1 heterocycles. The minimum Gasteiger partial charge on any atom is -0.392 e. The molecule has 6 heteroatoms. The van der Waals surface area contributed by atoms with Gasteiger partial charge in [0.25, 0.3) is 0 Å². The molecule has 18 heavy (non-hydrogen) atoms. The average Bonchev–Trinajstić information content (AvgIpc) is 3.00. The normalized spacial score (nSPS) is 31.2. The summed E-state index contributed by atoms with van der Waals surface area (Å²) in [6, 6.07) is 0.172. The molecule has 1 N–H and O–H groups in total. The third kappa shape index (κ3) is 2.57. The zero-order chi connectivity index (χ0) is 13.6. The van der Waals surface area contributed by atoms with E-state index in [1.807, 2.05) is 13.8 Å². The summed E-state index contributed by atoms with van der Waals surface area (Å²) in [6.07, 6.45) is 1.21. The maximum Gasteiger partial charge on any atom is 0.219 e. The lowest BCUT2D eigenvalue weighted by molar-refractivity contribution is 0.0696.